The van der Waals surface area contributed by atoms with E-state index in [1.807, 2.05) is 6.20 Å². The van der Waals surface area contributed by atoms with Gasteiger partial charge in [-0.05, 0) is 32.7 Å². The predicted molar refractivity (Wildman–Crippen MR) is 88.7 cm³/mol. The smallest absolute Gasteiger partial charge is 0.225 e. The molecule has 4 nitrogen and oxygen atoms in total. The van der Waals surface area contributed by atoms with E-state index in [4.69, 9.17) is 4.98 Å². The number of anilines is 1. The third-order valence-corrected chi connectivity index (χ3v) is 4.50. The van der Waals surface area contributed by atoms with Gasteiger partial charge in [-0.1, -0.05) is 32.6 Å². The Morgan fingerprint density at radius 3 is 2.57 bits per heavy atom. The van der Waals surface area contributed by atoms with Gasteiger partial charge in [0.25, 0.3) is 0 Å². The molecule has 0 bridgehead atoms. The maximum atomic E-state index is 4.73. The van der Waals surface area contributed by atoms with E-state index in [9.17, 15) is 0 Å². The van der Waals surface area contributed by atoms with E-state index in [2.05, 4.69) is 36.1 Å². The van der Waals surface area contributed by atoms with Crippen LogP contribution in [0.3, 0.4) is 0 Å². The van der Waals surface area contributed by atoms with Crippen molar-refractivity contribution in [3.05, 3.63) is 17.5 Å². The highest BCUT2D eigenvalue weighted by molar-refractivity contribution is 5.33. The highest BCUT2D eigenvalue weighted by Gasteiger charge is 2.19. The summed E-state index contributed by atoms with van der Waals surface area (Å²) in [5.74, 6) is 0.888. The fourth-order valence-electron chi connectivity index (χ4n) is 3.03. The number of hydrogen-bond acceptors (Lipinski definition) is 4. The fourth-order valence-corrected chi connectivity index (χ4v) is 3.03. The van der Waals surface area contributed by atoms with E-state index < -0.39 is 0 Å². The van der Waals surface area contributed by atoms with Gasteiger partial charge in [-0.15, -0.1) is 0 Å². The summed E-state index contributed by atoms with van der Waals surface area (Å²) >= 11 is 0. The molecule has 1 aliphatic rings. The average Bonchev–Trinajstić information content (AvgIpc) is 2.77. The molecular weight excluding hydrogens is 260 g/mol. The summed E-state index contributed by atoms with van der Waals surface area (Å²) in [5.41, 5.74) is 2.31. The molecule has 118 valence electrons. The molecule has 0 radical (unpaired) electrons. The van der Waals surface area contributed by atoms with Crippen molar-refractivity contribution >= 4 is 5.95 Å². The minimum atomic E-state index is 0.607. The zero-order valence-corrected chi connectivity index (χ0v) is 13.9. The fraction of sp³-hybridized carbons (Fsp3) is 0.765. The van der Waals surface area contributed by atoms with Crippen molar-refractivity contribution in [3.8, 4) is 0 Å². The van der Waals surface area contributed by atoms with E-state index in [-0.39, 0.29) is 0 Å². The Bertz CT molecular complexity index is 425. The third-order valence-electron chi connectivity index (χ3n) is 4.50. The van der Waals surface area contributed by atoms with Crippen LogP contribution in [0.25, 0.3) is 0 Å². The van der Waals surface area contributed by atoms with Crippen LogP contribution in [-0.4, -0.2) is 29.6 Å². The minimum absolute atomic E-state index is 0.607. The van der Waals surface area contributed by atoms with E-state index >= 15 is 0 Å². The highest BCUT2D eigenvalue weighted by Crippen LogP contribution is 2.23. The molecule has 1 aliphatic carbocycles. The highest BCUT2D eigenvalue weighted by atomic mass is 15.2. The lowest BCUT2D eigenvalue weighted by atomic mass is 10.1. The SMILES string of the molecule is CCCNCc1cnc(N(C)C2CCCCCC2)nc1C. The van der Waals surface area contributed by atoms with Gasteiger partial charge in [0.2, 0.25) is 5.95 Å². The molecule has 1 fully saturated rings. The summed E-state index contributed by atoms with van der Waals surface area (Å²) in [6.07, 6.45) is 11.1. The summed E-state index contributed by atoms with van der Waals surface area (Å²) in [4.78, 5) is 11.6. The van der Waals surface area contributed by atoms with Crippen molar-refractivity contribution in [3.63, 3.8) is 0 Å². The standard InChI is InChI=1S/C17H30N4/c1-4-11-18-12-15-13-19-17(20-14(15)2)21(3)16-9-7-5-6-8-10-16/h13,16,18H,4-12H2,1-3H3. The summed E-state index contributed by atoms with van der Waals surface area (Å²) in [5, 5.41) is 3.42. The van der Waals surface area contributed by atoms with Crippen LogP contribution in [0.2, 0.25) is 0 Å². The Hall–Kier alpha value is -1.16. The molecule has 0 spiro atoms. The molecule has 1 N–H and O–H groups in total. The van der Waals surface area contributed by atoms with Gasteiger partial charge >= 0.3 is 0 Å². The monoisotopic (exact) mass is 290 g/mol. The molecule has 0 aromatic carbocycles. The molecule has 0 aliphatic heterocycles. The lowest BCUT2D eigenvalue weighted by Crippen LogP contribution is -2.32. The first-order chi connectivity index (χ1) is 10.2. The van der Waals surface area contributed by atoms with E-state index in [0.717, 1.165) is 31.2 Å². The summed E-state index contributed by atoms with van der Waals surface area (Å²) < 4.78 is 0. The summed E-state index contributed by atoms with van der Waals surface area (Å²) in [6.45, 7) is 6.19. The molecule has 0 amide bonds. The Morgan fingerprint density at radius 2 is 1.95 bits per heavy atom. The van der Waals surface area contributed by atoms with Crippen LogP contribution < -0.4 is 10.2 Å². The van der Waals surface area contributed by atoms with Crippen molar-refractivity contribution in [1.82, 2.24) is 15.3 Å². The van der Waals surface area contributed by atoms with Gasteiger partial charge in [0, 0.05) is 37.1 Å². The van der Waals surface area contributed by atoms with E-state index in [0.29, 0.717) is 6.04 Å². The molecule has 1 heterocycles. The van der Waals surface area contributed by atoms with Gasteiger partial charge in [-0.25, -0.2) is 9.97 Å². The molecule has 1 aromatic heterocycles. The molecule has 2 rings (SSSR count). The van der Waals surface area contributed by atoms with Crippen molar-refractivity contribution in [2.75, 3.05) is 18.5 Å². The Labute approximate surface area is 129 Å². The molecule has 1 aromatic rings. The van der Waals surface area contributed by atoms with Crippen LogP contribution in [0.5, 0.6) is 0 Å². The van der Waals surface area contributed by atoms with Gasteiger partial charge in [0.05, 0.1) is 0 Å². The van der Waals surface area contributed by atoms with Gasteiger partial charge in [-0.2, -0.15) is 0 Å². The Morgan fingerprint density at radius 1 is 1.24 bits per heavy atom. The molecular formula is C17H30N4. The second kappa shape index (κ2) is 8.32. The Kier molecular flexibility index (Phi) is 6.43. The molecule has 0 unspecified atom stereocenters. The molecule has 0 saturated heterocycles. The number of nitrogens with zero attached hydrogens (tertiary/aromatic N) is 3. The maximum absolute atomic E-state index is 4.73. The molecule has 1 saturated carbocycles. The number of aromatic nitrogens is 2. The lowest BCUT2D eigenvalue weighted by Gasteiger charge is -2.27. The van der Waals surface area contributed by atoms with Gasteiger partial charge < -0.3 is 10.2 Å². The number of nitrogens with one attached hydrogen (secondary N) is 1. The van der Waals surface area contributed by atoms with E-state index in [1.54, 1.807) is 0 Å². The van der Waals surface area contributed by atoms with Crippen molar-refractivity contribution in [2.24, 2.45) is 0 Å². The topological polar surface area (TPSA) is 41.1 Å². The van der Waals surface area contributed by atoms with Crippen LogP contribution in [0.4, 0.5) is 5.95 Å². The second-order valence-electron chi connectivity index (χ2n) is 6.21. The van der Waals surface area contributed by atoms with Gasteiger partial charge in [-0.3, -0.25) is 0 Å². The first-order valence-corrected chi connectivity index (χ1v) is 8.48. The van der Waals surface area contributed by atoms with Crippen LogP contribution in [0, 0.1) is 6.92 Å². The summed E-state index contributed by atoms with van der Waals surface area (Å²) in [6, 6.07) is 0.607. The number of hydrogen-bond donors (Lipinski definition) is 1. The minimum Gasteiger partial charge on any atom is -0.341 e. The first-order valence-electron chi connectivity index (χ1n) is 8.48. The lowest BCUT2D eigenvalue weighted by molar-refractivity contribution is 0.543. The quantitative estimate of drug-likeness (QED) is 0.643. The second-order valence-corrected chi connectivity index (χ2v) is 6.21. The first kappa shape index (κ1) is 16.2. The number of rotatable bonds is 6. The van der Waals surface area contributed by atoms with Crippen molar-refractivity contribution < 1.29 is 0 Å². The molecule has 0 atom stereocenters. The maximum Gasteiger partial charge on any atom is 0.225 e. The Balaban J connectivity index is 2.00. The van der Waals surface area contributed by atoms with Crippen LogP contribution in [0.15, 0.2) is 6.20 Å². The van der Waals surface area contributed by atoms with Crippen LogP contribution >= 0.6 is 0 Å². The average molecular weight is 290 g/mol. The zero-order valence-electron chi connectivity index (χ0n) is 13.9. The van der Waals surface area contributed by atoms with Crippen molar-refractivity contribution in [2.45, 2.75) is 71.4 Å². The van der Waals surface area contributed by atoms with E-state index in [1.165, 1.54) is 44.1 Å². The predicted octanol–water partition coefficient (Wildman–Crippen LogP) is 3.44. The summed E-state index contributed by atoms with van der Waals surface area (Å²) in [7, 11) is 2.15. The largest absolute Gasteiger partial charge is 0.341 e. The van der Waals surface area contributed by atoms with Gasteiger partial charge in [0.15, 0.2) is 0 Å². The van der Waals surface area contributed by atoms with Crippen LogP contribution in [-0.2, 0) is 6.54 Å². The third kappa shape index (κ3) is 4.67. The normalized spacial score (nSPS) is 16.7. The van der Waals surface area contributed by atoms with Crippen LogP contribution in [0.1, 0.15) is 63.1 Å². The number of aryl methyl sites for hydroxylation is 1. The molecule has 21 heavy (non-hydrogen) atoms. The van der Waals surface area contributed by atoms with Crippen molar-refractivity contribution in [1.29, 1.82) is 0 Å². The van der Waals surface area contributed by atoms with Gasteiger partial charge in [0.1, 0.15) is 0 Å². The zero-order chi connectivity index (χ0) is 15.1. The molecule has 4 heteroatoms.